The molecule has 1 heterocycles. The van der Waals surface area contributed by atoms with Gasteiger partial charge in [0, 0.05) is 0 Å². The van der Waals surface area contributed by atoms with E-state index in [9.17, 15) is 9.90 Å². The Kier molecular flexibility index (Phi) is 3.76. The fourth-order valence-corrected chi connectivity index (χ4v) is 1.45. The molecule has 0 aliphatic carbocycles. The molecule has 1 N–H and O–H groups in total. The summed E-state index contributed by atoms with van der Waals surface area (Å²) in [6.07, 6.45) is 1.85. The van der Waals surface area contributed by atoms with Gasteiger partial charge in [0.25, 0.3) is 0 Å². The lowest BCUT2D eigenvalue weighted by Crippen LogP contribution is -2.05. The summed E-state index contributed by atoms with van der Waals surface area (Å²) in [6, 6.07) is 1.56. The van der Waals surface area contributed by atoms with Crippen molar-refractivity contribution in [3.8, 4) is 5.06 Å². The van der Waals surface area contributed by atoms with Crippen LogP contribution in [0.3, 0.4) is 0 Å². The number of hydrogen-bond acceptors (Lipinski definition) is 4. The minimum atomic E-state index is -0.438. The first kappa shape index (κ1) is 10.1. The number of thiophene rings is 1. The van der Waals surface area contributed by atoms with Gasteiger partial charge in [-0.25, -0.2) is 4.79 Å². The summed E-state index contributed by atoms with van der Waals surface area (Å²) in [5, 5.41) is 10.9. The van der Waals surface area contributed by atoms with Gasteiger partial charge in [-0.3, -0.25) is 0 Å². The van der Waals surface area contributed by atoms with Crippen molar-refractivity contribution < 1.29 is 14.6 Å². The number of carbonyl (C=O) groups is 1. The highest BCUT2D eigenvalue weighted by Crippen LogP contribution is 2.24. The molecule has 0 saturated heterocycles. The number of aromatic hydroxyl groups is 1. The largest absolute Gasteiger partial charge is 0.499 e. The van der Waals surface area contributed by atoms with E-state index in [4.69, 9.17) is 4.74 Å². The molecular formula is C9H12O3S. The average molecular weight is 200 g/mol. The van der Waals surface area contributed by atoms with Gasteiger partial charge in [-0.2, -0.15) is 0 Å². The van der Waals surface area contributed by atoms with E-state index in [1.165, 1.54) is 0 Å². The molecule has 0 radical (unpaired) electrons. The maximum Gasteiger partial charge on any atom is 0.342 e. The van der Waals surface area contributed by atoms with Crippen molar-refractivity contribution in [2.24, 2.45) is 0 Å². The monoisotopic (exact) mass is 200 g/mol. The summed E-state index contributed by atoms with van der Waals surface area (Å²) in [7, 11) is 0. The van der Waals surface area contributed by atoms with Crippen LogP contribution in [0.4, 0.5) is 0 Å². The molecule has 0 aliphatic rings. The molecule has 4 heteroatoms. The highest BCUT2D eigenvalue weighted by atomic mass is 32.1. The zero-order valence-corrected chi connectivity index (χ0v) is 8.26. The van der Waals surface area contributed by atoms with Gasteiger partial charge in [-0.15, -0.1) is 11.3 Å². The van der Waals surface area contributed by atoms with Crippen molar-refractivity contribution in [3.05, 3.63) is 17.0 Å². The first-order valence-corrected chi connectivity index (χ1v) is 5.07. The Bertz CT molecular complexity index is 280. The van der Waals surface area contributed by atoms with E-state index in [2.05, 4.69) is 0 Å². The number of carbonyl (C=O) groups excluding carboxylic acids is 1. The summed E-state index contributed by atoms with van der Waals surface area (Å²) >= 11 is 1.13. The van der Waals surface area contributed by atoms with E-state index in [1.807, 2.05) is 6.92 Å². The minimum absolute atomic E-state index is 0.0292. The van der Waals surface area contributed by atoms with Crippen LogP contribution in [0, 0.1) is 0 Å². The molecule has 0 aromatic carbocycles. The van der Waals surface area contributed by atoms with Crippen LogP contribution in [-0.2, 0) is 4.74 Å². The summed E-state index contributed by atoms with van der Waals surface area (Å²) in [6.45, 7) is 2.44. The third-order valence-electron chi connectivity index (χ3n) is 1.60. The van der Waals surface area contributed by atoms with E-state index >= 15 is 0 Å². The summed E-state index contributed by atoms with van der Waals surface area (Å²) in [5.74, 6) is -0.438. The van der Waals surface area contributed by atoms with Gasteiger partial charge in [-0.05, 0) is 17.9 Å². The molecule has 13 heavy (non-hydrogen) atoms. The van der Waals surface area contributed by atoms with E-state index in [0.717, 1.165) is 24.2 Å². The lowest BCUT2D eigenvalue weighted by molar-refractivity contribution is 0.0497. The summed E-state index contributed by atoms with van der Waals surface area (Å²) < 4.78 is 4.92. The maximum atomic E-state index is 11.2. The van der Waals surface area contributed by atoms with E-state index in [0.29, 0.717) is 6.61 Å². The lowest BCUT2D eigenvalue weighted by Gasteiger charge is -2.01. The topological polar surface area (TPSA) is 46.5 Å². The zero-order chi connectivity index (χ0) is 9.68. The highest BCUT2D eigenvalue weighted by Gasteiger charge is 2.12. The van der Waals surface area contributed by atoms with Gasteiger partial charge >= 0.3 is 5.97 Å². The molecule has 1 aromatic rings. The number of rotatable bonds is 4. The van der Waals surface area contributed by atoms with Gasteiger partial charge in [0.05, 0.1) is 6.61 Å². The van der Waals surface area contributed by atoms with Gasteiger partial charge in [-0.1, -0.05) is 13.3 Å². The second kappa shape index (κ2) is 4.87. The Morgan fingerprint density at radius 2 is 2.46 bits per heavy atom. The first-order chi connectivity index (χ1) is 6.25. The molecule has 3 nitrogen and oxygen atoms in total. The number of unbranched alkanes of at least 4 members (excludes halogenated alkanes) is 1. The summed E-state index contributed by atoms with van der Waals surface area (Å²) in [5.41, 5.74) is 0.265. The van der Waals surface area contributed by atoms with Crippen molar-refractivity contribution in [2.45, 2.75) is 19.8 Å². The van der Waals surface area contributed by atoms with Crippen LogP contribution < -0.4 is 0 Å². The SMILES string of the molecule is CCCCOC(=O)c1ccsc1O. The molecule has 0 amide bonds. The van der Waals surface area contributed by atoms with Crippen LogP contribution in [0.5, 0.6) is 5.06 Å². The van der Waals surface area contributed by atoms with Gasteiger partial charge in [0.2, 0.25) is 0 Å². The molecule has 0 fully saturated rings. The first-order valence-electron chi connectivity index (χ1n) is 4.19. The molecule has 1 aromatic heterocycles. The van der Waals surface area contributed by atoms with Crippen LogP contribution in [0.1, 0.15) is 30.1 Å². The number of ether oxygens (including phenoxy) is 1. The second-order valence-corrected chi connectivity index (χ2v) is 3.52. The van der Waals surface area contributed by atoms with Crippen molar-refractivity contribution in [2.75, 3.05) is 6.61 Å². The third kappa shape index (κ3) is 2.73. The summed E-state index contributed by atoms with van der Waals surface area (Å²) in [4.78, 5) is 11.2. The van der Waals surface area contributed by atoms with Crippen LogP contribution in [0.25, 0.3) is 0 Å². The Hall–Kier alpha value is -1.03. The predicted octanol–water partition coefficient (Wildman–Crippen LogP) is 2.41. The molecule has 72 valence electrons. The van der Waals surface area contributed by atoms with E-state index in [-0.39, 0.29) is 10.6 Å². The Balaban J connectivity index is 2.45. The normalized spacial score (nSPS) is 9.92. The van der Waals surface area contributed by atoms with Crippen molar-refractivity contribution in [1.29, 1.82) is 0 Å². The van der Waals surface area contributed by atoms with Gasteiger partial charge in [0.1, 0.15) is 5.56 Å². The van der Waals surface area contributed by atoms with E-state index < -0.39 is 5.97 Å². The van der Waals surface area contributed by atoms with Gasteiger partial charge in [0.15, 0.2) is 5.06 Å². The molecule has 0 spiro atoms. The minimum Gasteiger partial charge on any atom is -0.499 e. The Morgan fingerprint density at radius 1 is 1.69 bits per heavy atom. The average Bonchev–Trinajstić information content (AvgIpc) is 2.52. The standard InChI is InChI=1S/C9H12O3S/c1-2-3-5-12-8(10)7-4-6-13-9(7)11/h4,6,11H,2-3,5H2,1H3. The van der Waals surface area contributed by atoms with Crippen LogP contribution in [0.15, 0.2) is 11.4 Å². The Labute approximate surface area is 81.0 Å². The molecule has 1 rings (SSSR count). The third-order valence-corrected chi connectivity index (χ3v) is 2.31. The van der Waals surface area contributed by atoms with Crippen molar-refractivity contribution in [1.82, 2.24) is 0 Å². The quantitative estimate of drug-likeness (QED) is 0.599. The van der Waals surface area contributed by atoms with Crippen LogP contribution in [0.2, 0.25) is 0 Å². The molecule has 0 unspecified atom stereocenters. The molecule has 0 atom stereocenters. The fraction of sp³-hybridized carbons (Fsp3) is 0.444. The van der Waals surface area contributed by atoms with E-state index in [1.54, 1.807) is 11.4 Å². The van der Waals surface area contributed by atoms with Crippen molar-refractivity contribution >= 4 is 17.3 Å². The second-order valence-electron chi connectivity index (χ2n) is 2.63. The predicted molar refractivity (Wildman–Crippen MR) is 51.2 cm³/mol. The lowest BCUT2D eigenvalue weighted by atomic mass is 10.3. The smallest absolute Gasteiger partial charge is 0.342 e. The van der Waals surface area contributed by atoms with Gasteiger partial charge < -0.3 is 9.84 Å². The number of esters is 1. The van der Waals surface area contributed by atoms with Crippen molar-refractivity contribution in [3.63, 3.8) is 0 Å². The number of hydrogen-bond donors (Lipinski definition) is 1. The van der Waals surface area contributed by atoms with Crippen LogP contribution >= 0.6 is 11.3 Å². The Morgan fingerprint density at radius 3 is 3.00 bits per heavy atom. The molecule has 0 aliphatic heterocycles. The molecule has 0 bridgehead atoms. The fourth-order valence-electron chi connectivity index (χ4n) is 0.844. The zero-order valence-electron chi connectivity index (χ0n) is 7.45. The van der Waals surface area contributed by atoms with Crippen LogP contribution in [-0.4, -0.2) is 17.7 Å². The maximum absolute atomic E-state index is 11.2. The molecule has 0 saturated carbocycles. The molecular weight excluding hydrogens is 188 g/mol. The highest BCUT2D eigenvalue weighted by molar-refractivity contribution is 7.12.